The number of hydrogen-bond donors (Lipinski definition) is 1. The van der Waals surface area contributed by atoms with Crippen LogP contribution in [0.25, 0.3) is 11.0 Å². The Hall–Kier alpha value is -1.42. The van der Waals surface area contributed by atoms with Crippen LogP contribution in [-0.2, 0) is 13.0 Å². The molecule has 15 heavy (non-hydrogen) atoms. The van der Waals surface area contributed by atoms with Gasteiger partial charge in [-0.15, -0.1) is 0 Å². The molecule has 2 heterocycles. The number of aromatic nitrogens is 3. The highest BCUT2D eigenvalue weighted by atomic mass is 16.2. The molecule has 0 unspecified atom stereocenters. The summed E-state index contributed by atoms with van der Waals surface area (Å²) in [5, 5.41) is 14.1. The van der Waals surface area contributed by atoms with E-state index < -0.39 is 0 Å². The topological polar surface area (TPSA) is 50.9 Å². The van der Waals surface area contributed by atoms with E-state index in [1.165, 1.54) is 0 Å². The van der Waals surface area contributed by atoms with Crippen LogP contribution in [0.4, 0.5) is 0 Å². The lowest BCUT2D eigenvalue weighted by Crippen LogP contribution is -1.97. The quantitative estimate of drug-likeness (QED) is 0.820. The van der Waals surface area contributed by atoms with E-state index in [2.05, 4.69) is 16.1 Å². The molecule has 4 heteroatoms. The Morgan fingerprint density at radius 2 is 2.27 bits per heavy atom. The first-order valence-corrected chi connectivity index (χ1v) is 5.26. The summed E-state index contributed by atoms with van der Waals surface area (Å²) in [6.07, 6.45) is 5.37. The van der Waals surface area contributed by atoms with Crippen molar-refractivity contribution in [3.05, 3.63) is 24.0 Å². The van der Waals surface area contributed by atoms with Crippen molar-refractivity contribution < 1.29 is 5.11 Å². The summed E-state index contributed by atoms with van der Waals surface area (Å²) in [7, 11) is 0. The van der Waals surface area contributed by atoms with Crippen LogP contribution in [0.2, 0.25) is 0 Å². The van der Waals surface area contributed by atoms with Crippen LogP contribution in [0.5, 0.6) is 0 Å². The molecule has 0 atom stereocenters. The minimum absolute atomic E-state index is 0.228. The van der Waals surface area contributed by atoms with Crippen LogP contribution in [-0.4, -0.2) is 26.5 Å². The van der Waals surface area contributed by atoms with E-state index in [0.717, 1.165) is 36.0 Å². The van der Waals surface area contributed by atoms with Gasteiger partial charge < -0.3 is 5.11 Å². The molecule has 0 amide bonds. The first-order chi connectivity index (χ1) is 7.35. The van der Waals surface area contributed by atoms with Crippen molar-refractivity contribution in [2.75, 3.05) is 6.61 Å². The van der Waals surface area contributed by atoms with Gasteiger partial charge in [0.15, 0.2) is 5.65 Å². The zero-order valence-corrected chi connectivity index (χ0v) is 8.85. The molecule has 0 aliphatic heterocycles. The van der Waals surface area contributed by atoms with Crippen LogP contribution in [0, 0.1) is 0 Å². The van der Waals surface area contributed by atoms with Crippen LogP contribution in [0.15, 0.2) is 18.5 Å². The molecular weight excluding hydrogens is 190 g/mol. The Kier molecular flexibility index (Phi) is 2.97. The van der Waals surface area contributed by atoms with Crippen molar-refractivity contribution >= 4 is 11.0 Å². The van der Waals surface area contributed by atoms with Gasteiger partial charge in [0.05, 0.1) is 6.20 Å². The lowest BCUT2D eigenvalue weighted by Gasteiger charge is -2.00. The average molecular weight is 205 g/mol. The minimum atomic E-state index is 0.228. The number of rotatable bonds is 4. The fourth-order valence-corrected chi connectivity index (χ4v) is 1.67. The number of fused-ring (bicyclic) bond motifs is 1. The summed E-state index contributed by atoms with van der Waals surface area (Å²) in [5.74, 6) is 0. The van der Waals surface area contributed by atoms with Crippen molar-refractivity contribution in [1.82, 2.24) is 14.8 Å². The number of aryl methyl sites for hydroxylation is 2. The molecule has 80 valence electrons. The van der Waals surface area contributed by atoms with E-state index in [9.17, 15) is 0 Å². The summed E-state index contributed by atoms with van der Waals surface area (Å²) >= 11 is 0. The molecule has 0 aliphatic rings. The first kappa shape index (κ1) is 10.1. The number of pyridine rings is 1. The van der Waals surface area contributed by atoms with Crippen LogP contribution < -0.4 is 0 Å². The SMILES string of the molecule is CCn1ncc2cc(CCCO)cnc21. The molecule has 0 saturated carbocycles. The molecule has 0 fully saturated rings. The van der Waals surface area contributed by atoms with Gasteiger partial charge in [0.2, 0.25) is 0 Å². The standard InChI is InChI=1S/C11H15N3O/c1-2-14-11-10(8-13-14)6-9(7-12-11)4-3-5-15/h6-8,15H,2-5H2,1H3. The highest BCUT2D eigenvalue weighted by Crippen LogP contribution is 2.13. The molecule has 0 saturated heterocycles. The van der Waals surface area contributed by atoms with Gasteiger partial charge in [0, 0.05) is 24.7 Å². The second kappa shape index (κ2) is 4.40. The summed E-state index contributed by atoms with van der Waals surface area (Å²) in [6, 6.07) is 2.09. The summed E-state index contributed by atoms with van der Waals surface area (Å²) in [5.41, 5.74) is 2.09. The summed E-state index contributed by atoms with van der Waals surface area (Å²) in [4.78, 5) is 4.38. The predicted molar refractivity (Wildman–Crippen MR) is 58.6 cm³/mol. The highest BCUT2D eigenvalue weighted by molar-refractivity contribution is 5.74. The van der Waals surface area contributed by atoms with Crippen molar-refractivity contribution in [2.45, 2.75) is 26.3 Å². The minimum Gasteiger partial charge on any atom is -0.396 e. The molecule has 0 spiro atoms. The third-order valence-electron chi connectivity index (χ3n) is 2.46. The van der Waals surface area contributed by atoms with Gasteiger partial charge in [0.25, 0.3) is 0 Å². The fourth-order valence-electron chi connectivity index (χ4n) is 1.67. The van der Waals surface area contributed by atoms with E-state index >= 15 is 0 Å². The number of nitrogens with zero attached hydrogens (tertiary/aromatic N) is 3. The second-order valence-corrected chi connectivity index (χ2v) is 3.54. The van der Waals surface area contributed by atoms with E-state index in [0.29, 0.717) is 0 Å². The smallest absolute Gasteiger partial charge is 0.157 e. The molecule has 2 aromatic rings. The normalized spacial score (nSPS) is 11.1. The van der Waals surface area contributed by atoms with Gasteiger partial charge in [-0.25, -0.2) is 9.67 Å². The number of aliphatic hydroxyl groups excluding tert-OH is 1. The Labute approximate surface area is 88.6 Å². The fraction of sp³-hybridized carbons (Fsp3) is 0.455. The third kappa shape index (κ3) is 1.99. The summed E-state index contributed by atoms with van der Waals surface area (Å²) < 4.78 is 1.88. The molecule has 0 aromatic carbocycles. The number of hydrogen-bond acceptors (Lipinski definition) is 3. The van der Waals surface area contributed by atoms with Gasteiger partial charge in [-0.3, -0.25) is 0 Å². The molecular formula is C11H15N3O. The molecule has 1 N–H and O–H groups in total. The van der Waals surface area contributed by atoms with Crippen molar-refractivity contribution in [3.8, 4) is 0 Å². The Morgan fingerprint density at radius 3 is 3.00 bits per heavy atom. The zero-order valence-electron chi connectivity index (χ0n) is 8.85. The van der Waals surface area contributed by atoms with Gasteiger partial charge in [-0.05, 0) is 31.4 Å². The predicted octanol–water partition coefficient (Wildman–Crippen LogP) is 1.38. The Bertz CT molecular complexity index is 450. The monoisotopic (exact) mass is 205 g/mol. The Morgan fingerprint density at radius 1 is 1.40 bits per heavy atom. The van der Waals surface area contributed by atoms with Crippen LogP contribution >= 0.6 is 0 Å². The first-order valence-electron chi connectivity index (χ1n) is 5.26. The maximum atomic E-state index is 8.75. The largest absolute Gasteiger partial charge is 0.396 e. The Balaban J connectivity index is 2.31. The molecule has 2 rings (SSSR count). The van der Waals surface area contributed by atoms with Crippen LogP contribution in [0.1, 0.15) is 18.9 Å². The van der Waals surface area contributed by atoms with E-state index in [-0.39, 0.29) is 6.61 Å². The van der Waals surface area contributed by atoms with Crippen LogP contribution in [0.3, 0.4) is 0 Å². The van der Waals surface area contributed by atoms with E-state index in [1.54, 1.807) is 0 Å². The van der Waals surface area contributed by atoms with E-state index in [4.69, 9.17) is 5.11 Å². The maximum absolute atomic E-state index is 8.75. The highest BCUT2D eigenvalue weighted by Gasteiger charge is 2.03. The third-order valence-corrected chi connectivity index (χ3v) is 2.46. The summed E-state index contributed by atoms with van der Waals surface area (Å²) in [6.45, 7) is 3.12. The molecule has 2 aromatic heterocycles. The second-order valence-electron chi connectivity index (χ2n) is 3.54. The average Bonchev–Trinajstić information content (AvgIpc) is 2.68. The van der Waals surface area contributed by atoms with Crippen molar-refractivity contribution in [3.63, 3.8) is 0 Å². The lowest BCUT2D eigenvalue weighted by atomic mass is 10.1. The number of aliphatic hydroxyl groups is 1. The van der Waals surface area contributed by atoms with Gasteiger partial charge in [-0.2, -0.15) is 5.10 Å². The lowest BCUT2D eigenvalue weighted by molar-refractivity contribution is 0.288. The molecule has 0 radical (unpaired) electrons. The zero-order chi connectivity index (χ0) is 10.7. The van der Waals surface area contributed by atoms with Gasteiger partial charge in [-0.1, -0.05) is 0 Å². The van der Waals surface area contributed by atoms with Crippen molar-refractivity contribution in [2.24, 2.45) is 0 Å². The maximum Gasteiger partial charge on any atom is 0.157 e. The molecule has 0 bridgehead atoms. The van der Waals surface area contributed by atoms with Crippen molar-refractivity contribution in [1.29, 1.82) is 0 Å². The molecule has 4 nitrogen and oxygen atoms in total. The van der Waals surface area contributed by atoms with Gasteiger partial charge >= 0.3 is 0 Å². The van der Waals surface area contributed by atoms with E-state index in [1.807, 2.05) is 24.0 Å². The molecule has 0 aliphatic carbocycles. The van der Waals surface area contributed by atoms with Gasteiger partial charge in [0.1, 0.15) is 0 Å².